The summed E-state index contributed by atoms with van der Waals surface area (Å²) in [6.45, 7) is 11.5. The first-order valence-corrected chi connectivity index (χ1v) is 24.9. The fourth-order valence-corrected chi connectivity index (χ4v) is 9.16. The van der Waals surface area contributed by atoms with Crippen molar-refractivity contribution in [3.63, 3.8) is 0 Å². The van der Waals surface area contributed by atoms with E-state index in [0.717, 1.165) is 35.7 Å². The van der Waals surface area contributed by atoms with E-state index in [0.29, 0.717) is 48.1 Å². The van der Waals surface area contributed by atoms with Gasteiger partial charge in [-0.2, -0.15) is 15.5 Å². The van der Waals surface area contributed by atoms with Crippen molar-refractivity contribution in [3.05, 3.63) is 173 Å². The Morgan fingerprint density at radius 2 is 1.41 bits per heavy atom. The van der Waals surface area contributed by atoms with E-state index in [2.05, 4.69) is 62.2 Å². The van der Waals surface area contributed by atoms with Crippen molar-refractivity contribution in [2.75, 3.05) is 14.2 Å². The number of methoxy groups -OCH3 is 2. The van der Waals surface area contributed by atoms with E-state index in [1.807, 2.05) is 57.2 Å². The molecule has 388 valence electrons. The monoisotopic (exact) mass is 1040 g/mol. The van der Waals surface area contributed by atoms with Crippen molar-refractivity contribution in [2.24, 2.45) is 23.2 Å². The lowest BCUT2D eigenvalue weighted by atomic mass is 9.73. The Hall–Kier alpha value is -7.16. The summed E-state index contributed by atoms with van der Waals surface area (Å²) in [5, 5.41) is 41.7. The molecule has 4 unspecified atom stereocenters. The molecule has 0 aliphatic heterocycles. The first-order valence-electron chi connectivity index (χ1n) is 24.1. The largest absolute Gasteiger partial charge is 0.503 e. The lowest BCUT2D eigenvalue weighted by molar-refractivity contribution is -0.133. The first-order chi connectivity index (χ1) is 35.4. The van der Waals surface area contributed by atoms with Gasteiger partial charge in [-0.1, -0.05) is 112 Å². The molecule has 4 aromatic carbocycles. The predicted octanol–water partition coefficient (Wildman–Crippen LogP) is 11.0. The molecule has 4 atom stereocenters. The Morgan fingerprint density at radius 3 is 1.97 bits per heavy atom. The highest BCUT2D eigenvalue weighted by molar-refractivity contribution is 6.30. The Labute approximate surface area is 442 Å². The number of aromatic nitrogens is 8. The van der Waals surface area contributed by atoms with Gasteiger partial charge in [0.15, 0.2) is 0 Å². The second-order valence-corrected chi connectivity index (χ2v) is 20.2. The number of ether oxygens (including phenoxy) is 4. The highest BCUT2D eigenvalue weighted by Gasteiger charge is 2.50. The van der Waals surface area contributed by atoms with Gasteiger partial charge in [0.25, 0.3) is 0 Å². The maximum Gasteiger partial charge on any atom is 0.341 e. The zero-order valence-corrected chi connectivity index (χ0v) is 44.2. The van der Waals surface area contributed by atoms with Crippen LogP contribution in [0, 0.1) is 34.5 Å². The average Bonchev–Trinajstić information content (AvgIpc) is 4.17. The molecular formula is C56H63Cl2N9O7. The van der Waals surface area contributed by atoms with E-state index in [1.54, 1.807) is 70.5 Å². The van der Waals surface area contributed by atoms with Crippen molar-refractivity contribution in [1.29, 1.82) is 5.26 Å². The number of para-hydroxylation sites is 2. The fourth-order valence-electron chi connectivity index (χ4n) is 8.91. The summed E-state index contributed by atoms with van der Waals surface area (Å²) in [5.74, 6) is 1.47. The lowest BCUT2D eigenvalue weighted by Gasteiger charge is -2.40. The van der Waals surface area contributed by atoms with Crippen molar-refractivity contribution < 1.29 is 34.0 Å². The standard InChI is InChI=1S/C22H17N3O5.C18H24ClN3O.C16H22ClN3O/c1-27-13-17(22(26)28-2)16-8-4-6-10-19(16)30-21-11-20(24-14-25-21)29-18-9-5-3-7-15(18)12-23;1-13(2)17-8-5-15(9-14-3-6-16(19)7-4-14)18(17,23)10-22-12-20-11-21-22;1-15(2,3)16(21,10-20-12-18-11-19-20)9-8-13-4-6-14(17)7-5-13/h3-11,13-14H,1-2H3;3-4,6-7,11-13,15,17,23H,5,8-10H2,1-2H3;4-7,11-12,21H,8-10H2,1-3H3/b17-13+;;. The van der Waals surface area contributed by atoms with Crippen molar-refractivity contribution in [2.45, 2.75) is 91.0 Å². The molecule has 7 aromatic rings. The van der Waals surface area contributed by atoms with Crippen LogP contribution in [0.15, 0.2) is 141 Å². The topological polar surface area (TPSA) is 205 Å². The van der Waals surface area contributed by atoms with Crippen molar-refractivity contribution in [3.8, 4) is 29.3 Å². The van der Waals surface area contributed by atoms with Gasteiger partial charge in [0, 0.05) is 15.6 Å². The number of rotatable bonds is 17. The number of carbonyl (C=O) groups excluding carboxylic acids is 1. The number of esters is 1. The van der Waals surface area contributed by atoms with Crippen molar-refractivity contribution in [1.82, 2.24) is 39.5 Å². The van der Waals surface area contributed by atoms with Crippen LogP contribution in [-0.4, -0.2) is 81.1 Å². The molecule has 3 aromatic heterocycles. The maximum atomic E-state index is 12.1. The van der Waals surface area contributed by atoms with Gasteiger partial charge in [0.2, 0.25) is 11.8 Å². The molecule has 18 heteroatoms. The van der Waals surface area contributed by atoms with Gasteiger partial charge in [-0.3, -0.25) is 9.36 Å². The molecule has 3 heterocycles. The van der Waals surface area contributed by atoms with E-state index in [1.165, 1.54) is 56.7 Å². The summed E-state index contributed by atoms with van der Waals surface area (Å²) < 4.78 is 24.8. The number of halogens is 2. The molecule has 1 aliphatic carbocycles. The number of nitriles is 1. The second-order valence-electron chi connectivity index (χ2n) is 19.3. The minimum atomic E-state index is -0.861. The van der Waals surface area contributed by atoms with Crippen LogP contribution in [0.25, 0.3) is 5.57 Å². The second kappa shape index (κ2) is 26.2. The highest BCUT2D eigenvalue weighted by Crippen LogP contribution is 2.47. The van der Waals surface area contributed by atoms with Crippen LogP contribution in [0.2, 0.25) is 10.0 Å². The van der Waals surface area contributed by atoms with Crippen LogP contribution in [-0.2, 0) is 40.2 Å². The summed E-state index contributed by atoms with van der Waals surface area (Å²) >= 11 is 11.9. The molecule has 0 saturated heterocycles. The molecule has 1 saturated carbocycles. The van der Waals surface area contributed by atoms with Crippen LogP contribution >= 0.6 is 23.2 Å². The number of benzene rings is 4. The highest BCUT2D eigenvalue weighted by atomic mass is 35.5. The normalized spacial score (nSPS) is 17.1. The number of carbonyl (C=O) groups is 1. The van der Waals surface area contributed by atoms with Gasteiger partial charge in [-0.15, -0.1) is 0 Å². The molecule has 8 rings (SSSR count). The lowest BCUT2D eigenvalue weighted by Crippen LogP contribution is -2.47. The fraction of sp³-hybridized carbons (Fsp3) is 0.357. The Bertz CT molecular complexity index is 2930. The number of hydrogen-bond donors (Lipinski definition) is 2. The first kappa shape index (κ1) is 56.1. The molecule has 1 aliphatic rings. The quantitative estimate of drug-likeness (QED) is 0.0495. The number of aliphatic hydroxyl groups is 2. The minimum Gasteiger partial charge on any atom is -0.503 e. The number of nitrogens with zero attached hydrogens (tertiary/aromatic N) is 9. The summed E-state index contributed by atoms with van der Waals surface area (Å²) in [6, 6.07) is 32.9. The van der Waals surface area contributed by atoms with E-state index < -0.39 is 17.2 Å². The third-order valence-electron chi connectivity index (χ3n) is 13.2. The number of hydrogen-bond acceptors (Lipinski definition) is 14. The minimum absolute atomic E-state index is 0.184. The molecule has 0 amide bonds. The van der Waals surface area contributed by atoms with Gasteiger partial charge in [0.05, 0.1) is 56.4 Å². The zero-order chi connectivity index (χ0) is 53.3. The van der Waals surface area contributed by atoms with E-state index in [9.17, 15) is 20.3 Å². The molecule has 0 bridgehead atoms. The van der Waals surface area contributed by atoms with Gasteiger partial charge < -0.3 is 29.2 Å². The molecule has 2 N–H and O–H groups in total. The van der Waals surface area contributed by atoms with Crippen molar-refractivity contribution >= 4 is 34.7 Å². The van der Waals surface area contributed by atoms with E-state index >= 15 is 0 Å². The van der Waals surface area contributed by atoms with E-state index in [4.69, 9.17) is 42.1 Å². The molecule has 1 fully saturated rings. The summed E-state index contributed by atoms with van der Waals surface area (Å²) in [6.07, 6.45) is 13.3. The third-order valence-corrected chi connectivity index (χ3v) is 13.7. The summed E-state index contributed by atoms with van der Waals surface area (Å²) in [4.78, 5) is 28.2. The van der Waals surface area contributed by atoms with Gasteiger partial charge in [0.1, 0.15) is 54.8 Å². The van der Waals surface area contributed by atoms with Crippen LogP contribution in [0.4, 0.5) is 0 Å². The molecule has 0 spiro atoms. The summed E-state index contributed by atoms with van der Waals surface area (Å²) in [5.41, 5.74) is 1.54. The van der Waals surface area contributed by atoms with Crippen LogP contribution in [0.5, 0.6) is 23.3 Å². The third kappa shape index (κ3) is 15.2. The molecule has 0 radical (unpaired) electrons. The Kier molecular flexibility index (Phi) is 19.9. The molecule has 74 heavy (non-hydrogen) atoms. The molecular weight excluding hydrogens is 982 g/mol. The smallest absolute Gasteiger partial charge is 0.341 e. The van der Waals surface area contributed by atoms with Crippen LogP contribution in [0.1, 0.15) is 76.1 Å². The Balaban J connectivity index is 0.000000184. The van der Waals surface area contributed by atoms with Crippen LogP contribution < -0.4 is 9.47 Å². The predicted molar refractivity (Wildman–Crippen MR) is 282 cm³/mol. The summed E-state index contributed by atoms with van der Waals surface area (Å²) in [7, 11) is 2.71. The zero-order valence-electron chi connectivity index (χ0n) is 42.7. The SMILES string of the molecule is CC(C)(C)C(O)(CCc1ccc(Cl)cc1)Cn1cncn1.CC(C)C1CCC(Cc2ccc(Cl)cc2)C1(O)Cn1cncn1.CO/C=C(/C(=O)OC)c1ccccc1Oc1cc(Oc2ccccc2C#N)ncn1. The van der Waals surface area contributed by atoms with Gasteiger partial charge in [-0.05, 0) is 109 Å². The van der Waals surface area contributed by atoms with Gasteiger partial charge >= 0.3 is 5.97 Å². The molecule has 16 nitrogen and oxygen atoms in total. The Morgan fingerprint density at radius 1 is 0.824 bits per heavy atom. The maximum absolute atomic E-state index is 12.1. The average molecular weight is 1050 g/mol. The van der Waals surface area contributed by atoms with Crippen LogP contribution in [0.3, 0.4) is 0 Å². The van der Waals surface area contributed by atoms with Gasteiger partial charge in [-0.25, -0.2) is 24.7 Å². The number of aryl methyl sites for hydroxylation is 1. The van der Waals surface area contributed by atoms with E-state index in [-0.39, 0.29) is 34.6 Å².